The Morgan fingerprint density at radius 3 is 2.33 bits per heavy atom. The van der Waals surface area contributed by atoms with Gasteiger partial charge in [0.2, 0.25) is 0 Å². The van der Waals surface area contributed by atoms with Crippen LogP contribution in [-0.4, -0.2) is 0 Å². The van der Waals surface area contributed by atoms with Gasteiger partial charge in [0.15, 0.2) is 0 Å². The fourth-order valence-corrected chi connectivity index (χ4v) is 2.14. The smallest absolute Gasteiger partial charge is 0.378 e. The molecule has 0 fully saturated rings. The van der Waals surface area contributed by atoms with Gasteiger partial charge in [-0.25, -0.2) is 4.39 Å². The lowest BCUT2D eigenvalue weighted by Gasteiger charge is -2.20. The van der Waals surface area contributed by atoms with Gasteiger partial charge < -0.3 is 5.32 Å². The molecule has 0 amide bonds. The first kappa shape index (κ1) is 15.4. The van der Waals surface area contributed by atoms with Crippen LogP contribution in [0.2, 0.25) is 0 Å². The van der Waals surface area contributed by atoms with Crippen molar-refractivity contribution >= 4 is 5.69 Å². The van der Waals surface area contributed by atoms with E-state index in [-0.39, 0.29) is 5.56 Å². The Bertz CT molecular complexity index is 634. The third-order valence-corrected chi connectivity index (χ3v) is 3.29. The van der Waals surface area contributed by atoms with E-state index in [2.05, 4.69) is 5.32 Å². The maximum atomic E-state index is 13.5. The average Bonchev–Trinajstić information content (AvgIpc) is 2.42. The minimum absolute atomic E-state index is 0.131. The summed E-state index contributed by atoms with van der Waals surface area (Å²) in [7, 11) is 0. The molecule has 0 saturated carbocycles. The van der Waals surface area contributed by atoms with E-state index in [4.69, 9.17) is 0 Å². The molecule has 0 aromatic heterocycles. The van der Waals surface area contributed by atoms with Gasteiger partial charge in [0.25, 0.3) is 0 Å². The maximum absolute atomic E-state index is 13.5. The van der Waals surface area contributed by atoms with Crippen LogP contribution in [-0.2, 0) is 6.18 Å². The third-order valence-electron chi connectivity index (χ3n) is 3.29. The monoisotopic (exact) mass is 297 g/mol. The highest BCUT2D eigenvalue weighted by atomic mass is 19.4. The maximum Gasteiger partial charge on any atom is 0.416 e. The topological polar surface area (TPSA) is 12.0 Å². The van der Waals surface area contributed by atoms with Crippen molar-refractivity contribution in [3.05, 3.63) is 65.0 Å². The normalized spacial score (nSPS) is 13.0. The van der Waals surface area contributed by atoms with E-state index in [1.54, 1.807) is 32.0 Å². The van der Waals surface area contributed by atoms with Crippen LogP contribution in [0.5, 0.6) is 0 Å². The van der Waals surface area contributed by atoms with Crippen LogP contribution in [0.15, 0.2) is 42.5 Å². The number of hydrogen-bond acceptors (Lipinski definition) is 1. The molecular weight excluding hydrogens is 282 g/mol. The number of rotatable bonds is 3. The third kappa shape index (κ3) is 3.54. The molecule has 5 heteroatoms. The second-order valence-corrected chi connectivity index (χ2v) is 4.91. The van der Waals surface area contributed by atoms with Crippen LogP contribution in [0.3, 0.4) is 0 Å². The van der Waals surface area contributed by atoms with Crippen molar-refractivity contribution in [3.63, 3.8) is 0 Å². The van der Waals surface area contributed by atoms with Crippen LogP contribution < -0.4 is 5.32 Å². The molecule has 1 atom stereocenters. The van der Waals surface area contributed by atoms with Crippen molar-refractivity contribution in [2.45, 2.75) is 26.1 Å². The van der Waals surface area contributed by atoms with Crippen molar-refractivity contribution in [3.8, 4) is 0 Å². The minimum atomic E-state index is -4.41. The molecule has 1 unspecified atom stereocenters. The number of nitrogens with one attached hydrogen (secondary N) is 1. The van der Waals surface area contributed by atoms with Crippen LogP contribution in [0.1, 0.15) is 29.7 Å². The summed E-state index contributed by atoms with van der Waals surface area (Å²) < 4.78 is 52.4. The number of hydrogen-bond donors (Lipinski definition) is 1. The zero-order chi connectivity index (χ0) is 15.6. The highest BCUT2D eigenvalue weighted by Gasteiger charge is 2.34. The predicted octanol–water partition coefficient (Wildman–Crippen LogP) is 5.33. The molecule has 2 rings (SSSR count). The predicted molar refractivity (Wildman–Crippen MR) is 74.6 cm³/mol. The second-order valence-electron chi connectivity index (χ2n) is 4.91. The first-order chi connectivity index (χ1) is 9.79. The van der Waals surface area contributed by atoms with E-state index >= 15 is 0 Å². The summed E-state index contributed by atoms with van der Waals surface area (Å²) in [5.74, 6) is -0.392. The van der Waals surface area contributed by atoms with Crippen LogP contribution in [0, 0.1) is 12.7 Å². The van der Waals surface area contributed by atoms with E-state index < -0.39 is 23.6 Å². The summed E-state index contributed by atoms with van der Waals surface area (Å²) in [4.78, 5) is 0. The summed E-state index contributed by atoms with van der Waals surface area (Å²) in [6.45, 7) is 3.24. The zero-order valence-corrected chi connectivity index (χ0v) is 11.6. The quantitative estimate of drug-likeness (QED) is 0.755. The molecule has 112 valence electrons. The highest BCUT2D eigenvalue weighted by Crippen LogP contribution is 2.35. The van der Waals surface area contributed by atoms with Gasteiger partial charge in [-0.1, -0.05) is 24.3 Å². The lowest BCUT2D eigenvalue weighted by molar-refractivity contribution is -0.138. The number of benzene rings is 2. The standard InChI is InChI=1S/C16H15F4N/c1-10-7-8-12(9-15(10)17)21-11(2)13-5-3-4-6-14(13)16(18,19)20/h3-9,11,21H,1-2H3. The summed E-state index contributed by atoms with van der Waals surface area (Å²) in [6, 6.07) is 9.29. The molecule has 0 spiro atoms. The Morgan fingerprint density at radius 1 is 1.05 bits per heavy atom. The summed E-state index contributed by atoms with van der Waals surface area (Å²) in [5.41, 5.74) is 0.384. The number of halogens is 4. The largest absolute Gasteiger partial charge is 0.416 e. The van der Waals surface area contributed by atoms with Crippen molar-refractivity contribution in [1.29, 1.82) is 0 Å². The Hall–Kier alpha value is -2.04. The van der Waals surface area contributed by atoms with Gasteiger partial charge in [0.05, 0.1) is 5.56 Å². The van der Waals surface area contributed by atoms with Crippen molar-refractivity contribution in [1.82, 2.24) is 0 Å². The molecule has 0 bridgehead atoms. The molecule has 0 aliphatic carbocycles. The van der Waals surface area contributed by atoms with Crippen molar-refractivity contribution in [2.75, 3.05) is 5.32 Å². The Kier molecular flexibility index (Phi) is 4.21. The zero-order valence-electron chi connectivity index (χ0n) is 11.6. The molecule has 21 heavy (non-hydrogen) atoms. The number of anilines is 1. The Morgan fingerprint density at radius 2 is 1.71 bits per heavy atom. The number of alkyl halides is 3. The van der Waals surface area contributed by atoms with Gasteiger partial charge in [0.1, 0.15) is 5.82 Å². The van der Waals surface area contributed by atoms with E-state index in [0.29, 0.717) is 11.3 Å². The van der Waals surface area contributed by atoms with Gasteiger partial charge in [-0.2, -0.15) is 13.2 Å². The Balaban J connectivity index is 2.28. The summed E-state index contributed by atoms with van der Waals surface area (Å²) in [6.07, 6.45) is -4.41. The van der Waals surface area contributed by atoms with Gasteiger partial charge >= 0.3 is 6.18 Å². The molecule has 0 aliphatic heterocycles. The lowest BCUT2D eigenvalue weighted by atomic mass is 10.0. The van der Waals surface area contributed by atoms with Gasteiger partial charge in [-0.3, -0.25) is 0 Å². The van der Waals surface area contributed by atoms with Crippen LogP contribution in [0.25, 0.3) is 0 Å². The molecule has 1 N–H and O–H groups in total. The molecule has 0 radical (unpaired) electrons. The molecule has 1 nitrogen and oxygen atoms in total. The Labute approximate surface area is 120 Å². The molecule has 0 saturated heterocycles. The van der Waals surface area contributed by atoms with Crippen molar-refractivity contribution in [2.24, 2.45) is 0 Å². The second kappa shape index (κ2) is 5.76. The summed E-state index contributed by atoms with van der Waals surface area (Å²) >= 11 is 0. The summed E-state index contributed by atoms with van der Waals surface area (Å²) in [5, 5.41) is 2.90. The highest BCUT2D eigenvalue weighted by molar-refractivity contribution is 5.48. The van der Waals surface area contributed by atoms with Gasteiger partial charge in [-0.05, 0) is 43.2 Å². The molecule has 2 aromatic carbocycles. The van der Waals surface area contributed by atoms with E-state index in [1.807, 2.05) is 0 Å². The fourth-order valence-electron chi connectivity index (χ4n) is 2.14. The fraction of sp³-hybridized carbons (Fsp3) is 0.250. The van der Waals surface area contributed by atoms with Crippen LogP contribution in [0.4, 0.5) is 23.2 Å². The van der Waals surface area contributed by atoms with E-state index in [9.17, 15) is 17.6 Å². The minimum Gasteiger partial charge on any atom is -0.378 e. The lowest BCUT2D eigenvalue weighted by Crippen LogP contribution is -2.15. The molecule has 2 aromatic rings. The van der Waals surface area contributed by atoms with E-state index in [1.165, 1.54) is 18.2 Å². The molecular formula is C16H15F4N. The molecule has 0 heterocycles. The first-order valence-electron chi connectivity index (χ1n) is 6.48. The van der Waals surface area contributed by atoms with Gasteiger partial charge in [0, 0.05) is 11.7 Å². The SMILES string of the molecule is Cc1ccc(NC(C)c2ccccc2C(F)(F)F)cc1F. The van der Waals surface area contributed by atoms with Gasteiger partial charge in [-0.15, -0.1) is 0 Å². The van der Waals surface area contributed by atoms with Crippen LogP contribution >= 0.6 is 0 Å². The average molecular weight is 297 g/mol. The van der Waals surface area contributed by atoms with E-state index in [0.717, 1.165) is 6.07 Å². The molecule has 0 aliphatic rings. The first-order valence-corrected chi connectivity index (χ1v) is 6.48. The van der Waals surface area contributed by atoms with Crippen molar-refractivity contribution < 1.29 is 17.6 Å². The number of aryl methyl sites for hydroxylation is 1.